The molecular weight excluding hydrogens is 346 g/mol. The normalized spacial score (nSPS) is 22.8. The molecule has 1 aromatic carbocycles. The van der Waals surface area contributed by atoms with E-state index in [1.807, 2.05) is 42.6 Å². The Labute approximate surface area is 156 Å². The van der Waals surface area contributed by atoms with Gasteiger partial charge in [0.1, 0.15) is 5.75 Å². The Kier molecular flexibility index (Phi) is 4.64. The highest BCUT2D eigenvalue weighted by molar-refractivity contribution is 7.10. The minimum Gasteiger partial charge on any atom is -0.494 e. The molecule has 26 heavy (non-hydrogen) atoms. The van der Waals surface area contributed by atoms with Crippen molar-refractivity contribution in [2.24, 2.45) is 0 Å². The number of hydrogen-bond donors (Lipinski definition) is 1. The van der Waals surface area contributed by atoms with E-state index in [1.165, 1.54) is 4.88 Å². The van der Waals surface area contributed by atoms with Gasteiger partial charge in [0.05, 0.1) is 6.61 Å². The molecule has 0 bridgehead atoms. The van der Waals surface area contributed by atoms with Crippen LogP contribution in [-0.2, 0) is 9.59 Å². The summed E-state index contributed by atoms with van der Waals surface area (Å²) >= 11 is 1.67. The zero-order chi connectivity index (χ0) is 18.1. The van der Waals surface area contributed by atoms with Crippen LogP contribution in [0.4, 0.5) is 0 Å². The molecule has 5 heteroatoms. The van der Waals surface area contributed by atoms with Gasteiger partial charge >= 0.3 is 0 Å². The minimum absolute atomic E-state index is 0.0118. The third-order valence-electron chi connectivity index (χ3n) is 5.08. The van der Waals surface area contributed by atoms with E-state index < -0.39 is 0 Å². The highest BCUT2D eigenvalue weighted by Crippen LogP contribution is 2.43. The molecule has 2 aliphatic rings. The molecule has 2 aromatic rings. The van der Waals surface area contributed by atoms with E-state index in [0.29, 0.717) is 19.4 Å². The van der Waals surface area contributed by atoms with E-state index in [1.54, 1.807) is 11.3 Å². The Morgan fingerprint density at radius 3 is 2.62 bits per heavy atom. The maximum absolute atomic E-state index is 13.0. The fourth-order valence-electron chi connectivity index (χ4n) is 3.93. The van der Waals surface area contributed by atoms with Crippen LogP contribution in [0.25, 0.3) is 0 Å². The second-order valence-electron chi connectivity index (χ2n) is 6.74. The maximum atomic E-state index is 13.0. The molecule has 0 radical (unpaired) electrons. The van der Waals surface area contributed by atoms with Gasteiger partial charge in [-0.2, -0.15) is 0 Å². The Hall–Kier alpha value is -2.40. The van der Waals surface area contributed by atoms with Crippen molar-refractivity contribution in [1.29, 1.82) is 0 Å². The van der Waals surface area contributed by atoms with Crippen LogP contribution >= 0.6 is 11.3 Å². The van der Waals surface area contributed by atoms with Crippen molar-refractivity contribution in [3.05, 3.63) is 63.5 Å². The quantitative estimate of drug-likeness (QED) is 0.883. The Morgan fingerprint density at radius 1 is 1.12 bits per heavy atom. The van der Waals surface area contributed by atoms with Crippen molar-refractivity contribution >= 4 is 23.0 Å². The van der Waals surface area contributed by atoms with Gasteiger partial charge in [-0.15, -0.1) is 11.3 Å². The Balaban J connectivity index is 1.66. The van der Waals surface area contributed by atoms with Crippen molar-refractivity contribution in [2.75, 3.05) is 6.61 Å². The first-order valence-corrected chi connectivity index (χ1v) is 9.86. The van der Waals surface area contributed by atoms with Gasteiger partial charge in [0.15, 0.2) is 5.78 Å². The smallest absolute Gasteiger partial charge is 0.225 e. The summed E-state index contributed by atoms with van der Waals surface area (Å²) in [4.78, 5) is 26.5. The lowest BCUT2D eigenvalue weighted by molar-refractivity contribution is -0.122. The molecule has 134 valence electrons. The second kappa shape index (κ2) is 7.08. The van der Waals surface area contributed by atoms with Gasteiger partial charge in [-0.1, -0.05) is 18.2 Å². The van der Waals surface area contributed by atoms with Crippen molar-refractivity contribution in [3.8, 4) is 5.75 Å². The van der Waals surface area contributed by atoms with E-state index in [-0.39, 0.29) is 23.5 Å². The molecule has 1 aliphatic carbocycles. The number of amides is 1. The van der Waals surface area contributed by atoms with Crippen LogP contribution < -0.4 is 10.1 Å². The zero-order valence-corrected chi connectivity index (χ0v) is 15.5. The lowest BCUT2D eigenvalue weighted by Gasteiger charge is -2.34. The first-order chi connectivity index (χ1) is 12.7. The molecule has 2 heterocycles. The SMILES string of the molecule is CCOc1ccc([C@@H]2CC(=O)NC3=C2C(=O)C[C@@H](c2cccs2)C3)cc1. The highest BCUT2D eigenvalue weighted by atomic mass is 32.1. The van der Waals surface area contributed by atoms with Crippen LogP contribution in [-0.4, -0.2) is 18.3 Å². The largest absolute Gasteiger partial charge is 0.494 e. The summed E-state index contributed by atoms with van der Waals surface area (Å²) in [6.45, 7) is 2.56. The number of rotatable bonds is 4. The molecule has 0 fully saturated rings. The van der Waals surface area contributed by atoms with Crippen molar-refractivity contribution in [2.45, 2.75) is 38.0 Å². The van der Waals surface area contributed by atoms with E-state index >= 15 is 0 Å². The number of carbonyl (C=O) groups is 2. The molecule has 0 unspecified atom stereocenters. The number of benzene rings is 1. The van der Waals surface area contributed by atoms with Crippen LogP contribution in [0.3, 0.4) is 0 Å². The number of hydrogen-bond acceptors (Lipinski definition) is 4. The lowest BCUT2D eigenvalue weighted by atomic mass is 9.75. The average Bonchev–Trinajstić information content (AvgIpc) is 3.16. The molecule has 2 atom stereocenters. The maximum Gasteiger partial charge on any atom is 0.225 e. The average molecular weight is 367 g/mol. The van der Waals surface area contributed by atoms with Crippen molar-refractivity contribution in [3.63, 3.8) is 0 Å². The molecule has 4 rings (SSSR count). The number of ketones is 1. The molecule has 0 saturated heterocycles. The molecular formula is C21H21NO3S. The first-order valence-electron chi connectivity index (χ1n) is 8.98. The van der Waals surface area contributed by atoms with Gasteiger partial charge in [-0.3, -0.25) is 9.59 Å². The standard InChI is InChI=1S/C21H21NO3S/c1-2-25-15-7-5-13(6-8-15)16-12-20(24)22-17-10-14(11-18(23)21(16)17)19-4-3-9-26-19/h3-9,14,16H,2,10-12H2,1H3,(H,22,24)/t14-,16-/m0/s1. The molecule has 0 spiro atoms. The van der Waals surface area contributed by atoms with Crippen LogP contribution in [0.5, 0.6) is 5.75 Å². The number of ether oxygens (including phenoxy) is 1. The van der Waals surface area contributed by atoms with Crippen LogP contribution in [0, 0.1) is 0 Å². The van der Waals surface area contributed by atoms with E-state index in [4.69, 9.17) is 4.74 Å². The Bertz CT molecular complexity index is 852. The number of thiophene rings is 1. The van der Waals surface area contributed by atoms with Crippen LogP contribution in [0.15, 0.2) is 53.0 Å². The summed E-state index contributed by atoms with van der Waals surface area (Å²) in [5.41, 5.74) is 2.61. The third-order valence-corrected chi connectivity index (χ3v) is 6.11. The minimum atomic E-state index is -0.161. The lowest BCUT2D eigenvalue weighted by Crippen LogP contribution is -2.38. The van der Waals surface area contributed by atoms with E-state index in [2.05, 4.69) is 11.4 Å². The summed E-state index contributed by atoms with van der Waals surface area (Å²) < 4.78 is 5.50. The van der Waals surface area contributed by atoms with Gasteiger partial charge in [0.2, 0.25) is 5.91 Å². The number of Topliss-reactive ketones (excluding diaryl/α,β-unsaturated/α-hetero) is 1. The predicted molar refractivity (Wildman–Crippen MR) is 101 cm³/mol. The first kappa shape index (κ1) is 17.0. The number of allylic oxidation sites excluding steroid dienone is 2. The van der Waals surface area contributed by atoms with E-state index in [0.717, 1.165) is 29.0 Å². The van der Waals surface area contributed by atoms with Crippen LogP contribution in [0.1, 0.15) is 48.5 Å². The third kappa shape index (κ3) is 3.19. The monoisotopic (exact) mass is 367 g/mol. The topological polar surface area (TPSA) is 55.4 Å². The zero-order valence-electron chi connectivity index (χ0n) is 14.7. The van der Waals surface area contributed by atoms with Gasteiger partial charge in [-0.25, -0.2) is 0 Å². The van der Waals surface area contributed by atoms with Gasteiger partial charge < -0.3 is 10.1 Å². The van der Waals surface area contributed by atoms with Crippen molar-refractivity contribution in [1.82, 2.24) is 5.32 Å². The molecule has 4 nitrogen and oxygen atoms in total. The van der Waals surface area contributed by atoms with Gasteiger partial charge in [0.25, 0.3) is 0 Å². The number of carbonyl (C=O) groups excluding carboxylic acids is 2. The number of nitrogens with one attached hydrogen (secondary N) is 1. The molecule has 0 saturated carbocycles. The van der Waals surface area contributed by atoms with Crippen LogP contribution in [0.2, 0.25) is 0 Å². The molecule has 1 N–H and O–H groups in total. The Morgan fingerprint density at radius 2 is 1.92 bits per heavy atom. The summed E-state index contributed by atoms with van der Waals surface area (Å²) in [5.74, 6) is 0.955. The highest BCUT2D eigenvalue weighted by Gasteiger charge is 2.38. The van der Waals surface area contributed by atoms with Gasteiger partial charge in [0, 0.05) is 40.8 Å². The molecule has 1 amide bonds. The predicted octanol–water partition coefficient (Wildman–Crippen LogP) is 4.15. The second-order valence-corrected chi connectivity index (χ2v) is 7.72. The fraction of sp³-hybridized carbons (Fsp3) is 0.333. The fourth-order valence-corrected chi connectivity index (χ4v) is 4.76. The molecule has 1 aliphatic heterocycles. The van der Waals surface area contributed by atoms with Gasteiger partial charge in [-0.05, 0) is 42.5 Å². The van der Waals surface area contributed by atoms with E-state index in [9.17, 15) is 9.59 Å². The molecule has 1 aromatic heterocycles. The van der Waals surface area contributed by atoms with Crippen molar-refractivity contribution < 1.29 is 14.3 Å². The summed E-state index contributed by atoms with van der Waals surface area (Å²) in [6.07, 6.45) is 1.56. The summed E-state index contributed by atoms with van der Waals surface area (Å²) in [7, 11) is 0. The summed E-state index contributed by atoms with van der Waals surface area (Å²) in [5, 5.41) is 5.01. The summed E-state index contributed by atoms with van der Waals surface area (Å²) in [6, 6.07) is 11.8.